The van der Waals surface area contributed by atoms with Crippen molar-refractivity contribution < 1.29 is 9.90 Å². The SMILES string of the molecule is C[C@@H]1C(NC(=O)NCc2ccccc2)CSC(N2CCC(O)CC2)=N[C@@H]1C. The number of nitrogens with zero attached hydrogens (tertiary/aromatic N) is 2. The summed E-state index contributed by atoms with van der Waals surface area (Å²) < 4.78 is 0. The normalized spacial score (nSPS) is 26.9. The van der Waals surface area contributed by atoms with Gasteiger partial charge in [-0.3, -0.25) is 4.99 Å². The van der Waals surface area contributed by atoms with E-state index in [1.165, 1.54) is 0 Å². The number of thioether (sulfide) groups is 1. The van der Waals surface area contributed by atoms with E-state index in [9.17, 15) is 9.90 Å². The second-order valence-corrected chi connectivity index (χ2v) is 8.45. The number of amides is 2. The molecular weight excluding hydrogens is 360 g/mol. The summed E-state index contributed by atoms with van der Waals surface area (Å²) in [6, 6.07) is 9.99. The third-order valence-electron chi connectivity index (χ3n) is 5.45. The molecule has 2 aliphatic rings. The zero-order valence-electron chi connectivity index (χ0n) is 16.1. The Morgan fingerprint density at radius 1 is 1.26 bits per heavy atom. The summed E-state index contributed by atoms with van der Waals surface area (Å²) in [5.74, 6) is 1.06. The number of benzene rings is 1. The van der Waals surface area contributed by atoms with E-state index < -0.39 is 0 Å². The number of hydrogen-bond donors (Lipinski definition) is 3. The molecule has 0 saturated carbocycles. The molecule has 3 atom stereocenters. The van der Waals surface area contributed by atoms with Gasteiger partial charge in [-0.2, -0.15) is 0 Å². The Labute approximate surface area is 165 Å². The number of aliphatic imine (C=N–C) groups is 1. The van der Waals surface area contributed by atoms with Crippen molar-refractivity contribution in [2.45, 2.75) is 51.4 Å². The minimum absolute atomic E-state index is 0.0670. The highest BCUT2D eigenvalue weighted by Crippen LogP contribution is 2.26. The smallest absolute Gasteiger partial charge is 0.315 e. The van der Waals surface area contributed by atoms with Crippen LogP contribution in [0.4, 0.5) is 4.79 Å². The number of hydrogen-bond acceptors (Lipinski definition) is 5. The van der Waals surface area contributed by atoms with Gasteiger partial charge in [-0.05, 0) is 31.2 Å². The van der Waals surface area contributed by atoms with Crippen molar-refractivity contribution in [2.24, 2.45) is 10.9 Å². The Bertz CT molecular complexity index is 647. The van der Waals surface area contributed by atoms with Crippen molar-refractivity contribution >= 4 is 23.0 Å². The summed E-state index contributed by atoms with van der Waals surface area (Å²) in [6.07, 6.45) is 1.41. The lowest BCUT2D eigenvalue weighted by molar-refractivity contribution is 0.110. The van der Waals surface area contributed by atoms with Crippen LogP contribution in [0, 0.1) is 5.92 Å². The number of urea groups is 1. The molecular formula is C20H30N4O2S. The van der Waals surface area contributed by atoms with Gasteiger partial charge in [-0.15, -0.1) is 0 Å². The van der Waals surface area contributed by atoms with Crippen LogP contribution in [0.15, 0.2) is 35.3 Å². The summed E-state index contributed by atoms with van der Waals surface area (Å²) >= 11 is 1.72. The minimum Gasteiger partial charge on any atom is -0.393 e. The van der Waals surface area contributed by atoms with Crippen LogP contribution in [0.3, 0.4) is 0 Å². The maximum absolute atomic E-state index is 12.4. The summed E-state index contributed by atoms with van der Waals surface area (Å²) in [6.45, 7) is 6.49. The fraction of sp³-hybridized carbons (Fsp3) is 0.600. The number of aliphatic hydroxyl groups excluding tert-OH is 1. The zero-order valence-corrected chi connectivity index (χ0v) is 16.9. The standard InChI is InChI=1S/C20H30N4O2S/c1-14-15(2)22-20(24-10-8-17(25)9-11-24)27-13-18(14)23-19(26)21-12-16-6-4-3-5-7-16/h3-7,14-15,17-18,25H,8-13H2,1-2H3,(H2,21,23,26)/t14-,15+,18?/m0/s1. The molecule has 1 unspecified atom stereocenters. The lowest BCUT2D eigenvalue weighted by Gasteiger charge is -2.31. The van der Waals surface area contributed by atoms with Crippen LogP contribution in [0.1, 0.15) is 32.3 Å². The molecule has 0 bridgehead atoms. The molecule has 3 rings (SSSR count). The van der Waals surface area contributed by atoms with Gasteiger partial charge in [0.1, 0.15) is 0 Å². The van der Waals surface area contributed by atoms with Crippen LogP contribution in [0.5, 0.6) is 0 Å². The molecule has 2 aliphatic heterocycles. The number of likely N-dealkylation sites (tertiary alicyclic amines) is 1. The molecule has 2 amide bonds. The number of amidine groups is 1. The fourth-order valence-electron chi connectivity index (χ4n) is 3.38. The van der Waals surface area contributed by atoms with E-state index in [1.54, 1.807) is 11.8 Å². The Balaban J connectivity index is 1.52. The molecule has 2 heterocycles. The van der Waals surface area contributed by atoms with Crippen LogP contribution in [0.2, 0.25) is 0 Å². The monoisotopic (exact) mass is 390 g/mol. The molecule has 7 heteroatoms. The molecule has 148 valence electrons. The lowest BCUT2D eigenvalue weighted by Crippen LogP contribution is -2.47. The number of carbonyl (C=O) groups excluding carboxylic acids is 1. The van der Waals surface area contributed by atoms with Gasteiger partial charge < -0.3 is 20.6 Å². The Morgan fingerprint density at radius 3 is 2.67 bits per heavy atom. The topological polar surface area (TPSA) is 77.0 Å². The minimum atomic E-state index is -0.184. The first-order chi connectivity index (χ1) is 13.0. The number of rotatable bonds is 3. The van der Waals surface area contributed by atoms with Gasteiger partial charge in [0.05, 0.1) is 12.1 Å². The van der Waals surface area contributed by atoms with Gasteiger partial charge in [0.25, 0.3) is 0 Å². The fourth-order valence-corrected chi connectivity index (χ4v) is 4.70. The first-order valence-electron chi connectivity index (χ1n) is 9.75. The third kappa shape index (κ3) is 5.62. The second-order valence-electron chi connectivity index (χ2n) is 7.46. The van der Waals surface area contributed by atoms with Gasteiger partial charge in [0.15, 0.2) is 5.17 Å². The van der Waals surface area contributed by atoms with Crippen molar-refractivity contribution in [1.29, 1.82) is 0 Å². The molecule has 0 aliphatic carbocycles. The van der Waals surface area contributed by atoms with Crippen LogP contribution in [-0.2, 0) is 6.54 Å². The van der Waals surface area contributed by atoms with Crippen LogP contribution in [0.25, 0.3) is 0 Å². The van der Waals surface area contributed by atoms with E-state index in [0.29, 0.717) is 6.54 Å². The molecule has 1 aromatic carbocycles. The number of aliphatic hydroxyl groups is 1. The van der Waals surface area contributed by atoms with Crippen LogP contribution in [-0.4, -0.2) is 58.2 Å². The molecule has 0 spiro atoms. The molecule has 0 aromatic heterocycles. The van der Waals surface area contributed by atoms with Crippen molar-refractivity contribution in [3.05, 3.63) is 35.9 Å². The van der Waals surface area contributed by atoms with Gasteiger partial charge >= 0.3 is 6.03 Å². The molecule has 6 nitrogen and oxygen atoms in total. The van der Waals surface area contributed by atoms with Crippen molar-refractivity contribution in [3.63, 3.8) is 0 Å². The molecule has 1 saturated heterocycles. The van der Waals surface area contributed by atoms with Crippen LogP contribution >= 0.6 is 11.8 Å². The molecule has 1 aromatic rings. The average Bonchev–Trinajstić information content (AvgIpc) is 2.81. The van der Waals surface area contributed by atoms with Crippen LogP contribution < -0.4 is 10.6 Å². The summed E-state index contributed by atoms with van der Waals surface area (Å²) in [4.78, 5) is 19.5. The molecule has 3 N–H and O–H groups in total. The van der Waals surface area contributed by atoms with Gasteiger partial charge in [0, 0.05) is 31.4 Å². The van der Waals surface area contributed by atoms with E-state index in [0.717, 1.165) is 42.4 Å². The summed E-state index contributed by atoms with van der Waals surface area (Å²) in [5, 5.41) is 16.9. The zero-order chi connectivity index (χ0) is 19.2. The van der Waals surface area contributed by atoms with E-state index in [2.05, 4.69) is 29.4 Å². The molecule has 1 fully saturated rings. The predicted molar refractivity (Wildman–Crippen MR) is 111 cm³/mol. The van der Waals surface area contributed by atoms with Gasteiger partial charge in [-0.25, -0.2) is 4.79 Å². The van der Waals surface area contributed by atoms with Crippen molar-refractivity contribution in [1.82, 2.24) is 15.5 Å². The van der Waals surface area contributed by atoms with Gasteiger partial charge in [-0.1, -0.05) is 49.0 Å². The first kappa shape index (κ1) is 20.0. The Hall–Kier alpha value is -1.73. The second kappa shape index (κ2) is 9.46. The van der Waals surface area contributed by atoms with E-state index in [-0.39, 0.29) is 30.1 Å². The average molecular weight is 391 g/mol. The van der Waals surface area contributed by atoms with E-state index >= 15 is 0 Å². The first-order valence-corrected chi connectivity index (χ1v) is 10.7. The van der Waals surface area contributed by atoms with E-state index in [1.807, 2.05) is 30.3 Å². The number of nitrogens with one attached hydrogen (secondary N) is 2. The largest absolute Gasteiger partial charge is 0.393 e. The quantitative estimate of drug-likeness (QED) is 0.741. The maximum Gasteiger partial charge on any atom is 0.315 e. The Morgan fingerprint density at radius 2 is 1.96 bits per heavy atom. The molecule has 27 heavy (non-hydrogen) atoms. The Kier molecular flexibility index (Phi) is 7.01. The highest BCUT2D eigenvalue weighted by molar-refractivity contribution is 8.13. The van der Waals surface area contributed by atoms with Crippen molar-refractivity contribution in [2.75, 3.05) is 18.8 Å². The maximum atomic E-state index is 12.4. The lowest BCUT2D eigenvalue weighted by atomic mass is 9.96. The van der Waals surface area contributed by atoms with Gasteiger partial charge in [0.2, 0.25) is 0 Å². The summed E-state index contributed by atoms with van der Waals surface area (Å²) in [5.41, 5.74) is 1.09. The predicted octanol–water partition coefficient (Wildman–Crippen LogP) is 2.44. The highest BCUT2D eigenvalue weighted by atomic mass is 32.2. The van der Waals surface area contributed by atoms with E-state index in [4.69, 9.17) is 4.99 Å². The third-order valence-corrected chi connectivity index (χ3v) is 6.60. The number of piperidine rings is 1. The summed E-state index contributed by atoms with van der Waals surface area (Å²) in [7, 11) is 0. The molecule has 0 radical (unpaired) electrons. The highest BCUT2D eigenvalue weighted by Gasteiger charge is 2.30. The van der Waals surface area contributed by atoms with Crippen molar-refractivity contribution in [3.8, 4) is 0 Å². The number of carbonyl (C=O) groups is 1.